The number of nitrogens with one attached hydrogen (secondary N) is 1. The lowest BCUT2D eigenvalue weighted by atomic mass is 9.97. The molecule has 1 aliphatic rings. The average Bonchev–Trinajstić information content (AvgIpc) is 2.71. The van der Waals surface area contributed by atoms with Gasteiger partial charge in [0.2, 0.25) is 10.0 Å². The number of hydrogen-bond acceptors (Lipinski definition) is 4. The monoisotopic (exact) mass is 462 g/mol. The molecule has 0 radical (unpaired) electrons. The van der Waals surface area contributed by atoms with Crippen molar-refractivity contribution in [3.8, 4) is 0 Å². The van der Waals surface area contributed by atoms with Crippen LogP contribution in [0.1, 0.15) is 39.5 Å². The third kappa shape index (κ3) is 4.84. The fourth-order valence-electron chi connectivity index (χ4n) is 3.02. The van der Waals surface area contributed by atoms with E-state index in [-0.39, 0.29) is 9.23 Å². The molecule has 0 bridgehead atoms. The molecule has 1 saturated heterocycles. The van der Waals surface area contributed by atoms with Crippen molar-refractivity contribution in [2.45, 2.75) is 56.5 Å². The summed E-state index contributed by atoms with van der Waals surface area (Å²) >= 11 is 16.1. The van der Waals surface area contributed by atoms with Gasteiger partial charge >= 0.3 is 0 Å². The summed E-state index contributed by atoms with van der Waals surface area (Å²) in [6.45, 7) is 5.76. The minimum atomic E-state index is -3.65. The molecule has 2 rings (SSSR count). The van der Waals surface area contributed by atoms with Gasteiger partial charge in [0.05, 0.1) is 4.47 Å². The van der Waals surface area contributed by atoms with Gasteiger partial charge in [-0.2, -0.15) is 0 Å². The summed E-state index contributed by atoms with van der Waals surface area (Å²) in [6, 6.07) is 1.13. The zero-order valence-corrected chi connectivity index (χ0v) is 17.8. The highest BCUT2D eigenvalue weighted by molar-refractivity contribution is 9.10. The maximum Gasteiger partial charge on any atom is 0.244 e. The topological polar surface area (TPSA) is 49.4 Å². The fraction of sp³-hybridized carbons (Fsp3) is 0.714. The van der Waals surface area contributed by atoms with E-state index < -0.39 is 10.0 Å². The van der Waals surface area contributed by atoms with Gasteiger partial charge in [-0.15, -0.1) is 11.3 Å². The predicted octanol–water partition coefficient (Wildman–Crippen LogP) is 4.75. The Morgan fingerprint density at radius 3 is 2.39 bits per heavy atom. The van der Waals surface area contributed by atoms with Gasteiger partial charge in [-0.25, -0.2) is 13.1 Å². The van der Waals surface area contributed by atoms with Crippen molar-refractivity contribution in [1.82, 2.24) is 9.62 Å². The molecule has 0 spiro atoms. The number of thiophene rings is 1. The summed E-state index contributed by atoms with van der Waals surface area (Å²) in [5, 5.41) is 0. The first kappa shape index (κ1) is 19.9. The summed E-state index contributed by atoms with van der Waals surface area (Å²) in [6.07, 6.45) is 4.47. The van der Waals surface area contributed by atoms with Crippen molar-refractivity contribution in [3.05, 3.63) is 13.1 Å². The number of hydrogen-bond donors (Lipinski definition) is 1. The Bertz CT molecular complexity index is 641. The number of sulfonamides is 1. The normalized spacial score (nSPS) is 23.3. The molecule has 1 N–H and O–H groups in total. The van der Waals surface area contributed by atoms with Gasteiger partial charge in [-0.1, -0.05) is 29.6 Å². The van der Waals surface area contributed by atoms with Gasteiger partial charge in [-0.05, 0) is 55.6 Å². The zero-order chi connectivity index (χ0) is 17.2. The minimum Gasteiger partial charge on any atom is -0.298 e. The predicted molar refractivity (Wildman–Crippen MR) is 101 cm³/mol. The van der Waals surface area contributed by atoms with E-state index in [2.05, 4.69) is 39.4 Å². The second-order valence-corrected chi connectivity index (χ2v) is 10.6. The van der Waals surface area contributed by atoms with Crippen molar-refractivity contribution in [2.75, 3.05) is 13.1 Å². The largest absolute Gasteiger partial charge is 0.298 e. The molecule has 0 aromatic carbocycles. The Kier molecular flexibility index (Phi) is 7.23. The molecule has 1 aromatic rings. The third-order valence-corrected chi connectivity index (χ3v) is 9.18. The van der Waals surface area contributed by atoms with Crippen molar-refractivity contribution in [2.24, 2.45) is 0 Å². The molecule has 4 nitrogen and oxygen atoms in total. The summed E-state index contributed by atoms with van der Waals surface area (Å²) < 4.78 is 28.2. The number of halogens is 3. The Morgan fingerprint density at radius 1 is 1.26 bits per heavy atom. The number of nitrogens with zero attached hydrogens (tertiary/aromatic N) is 1. The molecule has 1 aliphatic heterocycles. The maximum absolute atomic E-state index is 12.4. The molecule has 2 atom stereocenters. The fourth-order valence-corrected chi connectivity index (χ4v) is 7.65. The first-order valence-corrected chi connectivity index (χ1v) is 11.5. The van der Waals surface area contributed by atoms with E-state index in [1.54, 1.807) is 0 Å². The van der Waals surface area contributed by atoms with Crippen LogP contribution in [0.5, 0.6) is 0 Å². The molecule has 23 heavy (non-hydrogen) atoms. The van der Waals surface area contributed by atoms with Crippen LogP contribution < -0.4 is 4.72 Å². The van der Waals surface area contributed by atoms with E-state index in [1.807, 2.05) is 0 Å². The first-order chi connectivity index (χ1) is 10.7. The lowest BCUT2D eigenvalue weighted by Gasteiger charge is -2.39. The van der Waals surface area contributed by atoms with Crippen molar-refractivity contribution in [1.29, 1.82) is 0 Å². The molecule has 1 aromatic heterocycles. The number of rotatable bonds is 6. The molecule has 2 unspecified atom stereocenters. The van der Waals surface area contributed by atoms with E-state index in [0.29, 0.717) is 27.4 Å². The van der Waals surface area contributed by atoms with Crippen LogP contribution in [0, 0.1) is 0 Å². The molecule has 0 aliphatic carbocycles. The Balaban J connectivity index is 1.90. The molecule has 9 heteroatoms. The standard InChI is InChI=1S/C14H21BrCl2N2O2S2/c1-9-5-3-6-10(2)19(9)8-4-7-18-23(20,21)12-11(15)13(16)22-14(12)17/h9-10,18H,3-8H2,1-2H3. The van der Waals surface area contributed by atoms with Crippen molar-refractivity contribution < 1.29 is 8.42 Å². The summed E-state index contributed by atoms with van der Waals surface area (Å²) in [7, 11) is -3.65. The Morgan fingerprint density at radius 2 is 1.87 bits per heavy atom. The molecule has 1 fully saturated rings. The van der Waals surface area contributed by atoms with Crippen molar-refractivity contribution in [3.63, 3.8) is 0 Å². The van der Waals surface area contributed by atoms with Gasteiger partial charge in [-0.3, -0.25) is 4.90 Å². The SMILES string of the molecule is CC1CCCC(C)N1CCCNS(=O)(=O)c1c(Cl)sc(Cl)c1Br. The molecule has 2 heterocycles. The lowest BCUT2D eigenvalue weighted by molar-refractivity contribution is 0.103. The van der Waals surface area contributed by atoms with E-state index in [4.69, 9.17) is 23.2 Å². The molecule has 0 saturated carbocycles. The highest BCUT2D eigenvalue weighted by Crippen LogP contribution is 2.42. The van der Waals surface area contributed by atoms with Crippen LogP contribution in [-0.4, -0.2) is 38.5 Å². The van der Waals surface area contributed by atoms with E-state index >= 15 is 0 Å². The van der Waals surface area contributed by atoms with Crippen LogP contribution in [0.25, 0.3) is 0 Å². The third-order valence-electron chi connectivity index (χ3n) is 4.26. The summed E-state index contributed by atoms with van der Waals surface area (Å²) in [5.41, 5.74) is 0. The number of likely N-dealkylation sites (tertiary alicyclic amines) is 1. The van der Waals surface area contributed by atoms with Gasteiger partial charge in [0.15, 0.2) is 0 Å². The molecule has 132 valence electrons. The number of piperidine rings is 1. The van der Waals surface area contributed by atoms with Gasteiger partial charge in [0.25, 0.3) is 0 Å². The van der Waals surface area contributed by atoms with Gasteiger partial charge < -0.3 is 0 Å². The van der Waals surface area contributed by atoms with Crippen molar-refractivity contribution >= 4 is 60.5 Å². The van der Waals surface area contributed by atoms with Crippen LogP contribution in [0.15, 0.2) is 9.37 Å². The second kappa shape index (κ2) is 8.34. The highest BCUT2D eigenvalue weighted by atomic mass is 79.9. The average molecular weight is 464 g/mol. The molecular weight excluding hydrogens is 443 g/mol. The van der Waals surface area contributed by atoms with Crippen LogP contribution >= 0.6 is 50.5 Å². The Labute approximate surface area is 160 Å². The second-order valence-electron chi connectivity index (χ2n) is 5.91. The maximum atomic E-state index is 12.4. The molecule has 0 amide bonds. The van der Waals surface area contributed by atoms with E-state index in [1.165, 1.54) is 19.3 Å². The minimum absolute atomic E-state index is 0.0360. The van der Waals surface area contributed by atoms with E-state index in [9.17, 15) is 8.42 Å². The van der Waals surface area contributed by atoms with Crippen LogP contribution in [0.3, 0.4) is 0 Å². The smallest absolute Gasteiger partial charge is 0.244 e. The summed E-state index contributed by atoms with van der Waals surface area (Å²) in [4.78, 5) is 2.50. The van der Waals surface area contributed by atoms with E-state index in [0.717, 1.165) is 24.3 Å². The molecular formula is C14H21BrCl2N2O2S2. The quantitative estimate of drug-likeness (QED) is 0.619. The lowest BCUT2D eigenvalue weighted by Crippen LogP contribution is -2.44. The summed E-state index contributed by atoms with van der Waals surface area (Å²) in [5.74, 6) is 0. The van der Waals surface area contributed by atoms with Crippen LogP contribution in [0.2, 0.25) is 8.67 Å². The first-order valence-electron chi connectivity index (χ1n) is 7.62. The van der Waals surface area contributed by atoms with Crippen LogP contribution in [0.4, 0.5) is 0 Å². The van der Waals surface area contributed by atoms with Crippen LogP contribution in [-0.2, 0) is 10.0 Å². The highest BCUT2D eigenvalue weighted by Gasteiger charge is 2.27. The van der Waals surface area contributed by atoms with Gasteiger partial charge in [0, 0.05) is 18.6 Å². The Hall–Kier alpha value is 0.630. The zero-order valence-electron chi connectivity index (χ0n) is 13.1. The van der Waals surface area contributed by atoms with Gasteiger partial charge in [0.1, 0.15) is 13.6 Å².